The van der Waals surface area contributed by atoms with Crippen molar-refractivity contribution in [2.45, 2.75) is 0 Å². The van der Waals surface area contributed by atoms with E-state index < -0.39 is 0 Å². The molecular formula is C14H7ClN4O2. The number of hydrogen-bond acceptors (Lipinski definition) is 6. The van der Waals surface area contributed by atoms with Gasteiger partial charge in [0.2, 0.25) is 18.2 Å². The van der Waals surface area contributed by atoms with Gasteiger partial charge in [-0.15, -0.1) is 10.2 Å². The average molecular weight is 299 g/mol. The van der Waals surface area contributed by atoms with Crippen LogP contribution in [0.5, 0.6) is 11.6 Å². The van der Waals surface area contributed by atoms with Crippen LogP contribution in [0, 0.1) is 11.3 Å². The van der Waals surface area contributed by atoms with Crippen LogP contribution >= 0.6 is 11.6 Å². The lowest BCUT2D eigenvalue weighted by atomic mass is 10.2. The van der Waals surface area contributed by atoms with Crippen molar-refractivity contribution in [1.82, 2.24) is 15.2 Å². The second-order valence-electron chi connectivity index (χ2n) is 3.97. The summed E-state index contributed by atoms with van der Waals surface area (Å²) in [5.74, 6) is 1.20. The highest BCUT2D eigenvalue weighted by Gasteiger charge is 2.08. The van der Waals surface area contributed by atoms with Crippen LogP contribution in [0.15, 0.2) is 47.2 Å². The maximum atomic E-state index is 8.90. The highest BCUT2D eigenvalue weighted by atomic mass is 35.5. The van der Waals surface area contributed by atoms with E-state index >= 15 is 0 Å². The Kier molecular flexibility index (Phi) is 3.50. The van der Waals surface area contributed by atoms with Crippen LogP contribution in [0.4, 0.5) is 0 Å². The van der Waals surface area contributed by atoms with E-state index in [0.29, 0.717) is 11.6 Å². The Hall–Kier alpha value is -2.91. The number of hydrogen-bond donors (Lipinski definition) is 0. The summed E-state index contributed by atoms with van der Waals surface area (Å²) in [5.41, 5.74) is 0.835. The van der Waals surface area contributed by atoms with E-state index in [2.05, 4.69) is 15.2 Å². The standard InChI is InChI=1S/C14H7ClN4O2/c15-11-4-5-13(18-12(11)7-16)21-10-3-1-2-9(6-10)14-19-17-8-20-14/h1-6,8H. The normalized spacial score (nSPS) is 10.1. The molecule has 0 spiro atoms. The molecule has 0 radical (unpaired) electrons. The van der Waals surface area contributed by atoms with E-state index in [0.717, 1.165) is 5.56 Å². The molecule has 102 valence electrons. The third-order valence-electron chi connectivity index (χ3n) is 2.59. The molecule has 0 saturated carbocycles. The molecule has 0 N–H and O–H groups in total. The maximum absolute atomic E-state index is 8.90. The molecule has 0 bridgehead atoms. The molecule has 6 nitrogen and oxygen atoms in total. The first kappa shape index (κ1) is 13.1. The maximum Gasteiger partial charge on any atom is 0.247 e. The fourth-order valence-electron chi connectivity index (χ4n) is 1.67. The quantitative estimate of drug-likeness (QED) is 0.736. The van der Waals surface area contributed by atoms with Gasteiger partial charge in [-0.3, -0.25) is 0 Å². The third kappa shape index (κ3) is 2.83. The summed E-state index contributed by atoms with van der Waals surface area (Å²) in [7, 11) is 0. The van der Waals surface area contributed by atoms with E-state index in [4.69, 9.17) is 26.0 Å². The Morgan fingerprint density at radius 3 is 2.90 bits per heavy atom. The van der Waals surface area contributed by atoms with Gasteiger partial charge in [0.1, 0.15) is 11.8 Å². The SMILES string of the molecule is N#Cc1nc(Oc2cccc(-c3nnco3)c2)ccc1Cl. The van der Waals surface area contributed by atoms with Crippen LogP contribution in [-0.4, -0.2) is 15.2 Å². The van der Waals surface area contributed by atoms with Gasteiger partial charge in [-0.25, -0.2) is 4.98 Å². The number of halogens is 1. The molecule has 21 heavy (non-hydrogen) atoms. The van der Waals surface area contributed by atoms with Crippen molar-refractivity contribution >= 4 is 11.6 Å². The van der Waals surface area contributed by atoms with Crippen molar-refractivity contribution in [3.63, 3.8) is 0 Å². The largest absolute Gasteiger partial charge is 0.439 e. The highest BCUT2D eigenvalue weighted by molar-refractivity contribution is 6.31. The number of rotatable bonds is 3. The van der Waals surface area contributed by atoms with Gasteiger partial charge in [-0.2, -0.15) is 5.26 Å². The summed E-state index contributed by atoms with van der Waals surface area (Å²) in [6.45, 7) is 0. The molecule has 0 amide bonds. The van der Waals surface area contributed by atoms with Gasteiger partial charge in [0.15, 0.2) is 5.69 Å². The predicted molar refractivity (Wildman–Crippen MR) is 73.8 cm³/mol. The minimum absolute atomic E-state index is 0.113. The van der Waals surface area contributed by atoms with Gasteiger partial charge in [0.05, 0.1) is 5.02 Å². The Labute approximate surface area is 124 Å². The van der Waals surface area contributed by atoms with Gasteiger partial charge in [-0.05, 0) is 24.3 Å². The predicted octanol–water partition coefficient (Wildman–Crippen LogP) is 3.45. The first-order valence-corrected chi connectivity index (χ1v) is 6.25. The van der Waals surface area contributed by atoms with Crippen LogP contribution in [0.1, 0.15) is 5.69 Å². The molecule has 3 aromatic rings. The van der Waals surface area contributed by atoms with Crippen molar-refractivity contribution in [2.75, 3.05) is 0 Å². The Morgan fingerprint density at radius 2 is 2.14 bits per heavy atom. The van der Waals surface area contributed by atoms with Crippen LogP contribution in [-0.2, 0) is 0 Å². The minimum atomic E-state index is 0.113. The van der Waals surface area contributed by atoms with Crippen molar-refractivity contribution in [3.05, 3.63) is 53.5 Å². The van der Waals surface area contributed by atoms with Gasteiger partial charge < -0.3 is 9.15 Å². The summed E-state index contributed by atoms with van der Waals surface area (Å²) < 4.78 is 10.7. The summed E-state index contributed by atoms with van der Waals surface area (Å²) in [6, 6.07) is 12.1. The van der Waals surface area contributed by atoms with E-state index in [-0.39, 0.29) is 16.6 Å². The highest BCUT2D eigenvalue weighted by Crippen LogP contribution is 2.26. The Bertz CT molecular complexity index is 812. The molecule has 0 aliphatic rings. The molecule has 7 heteroatoms. The first-order valence-electron chi connectivity index (χ1n) is 5.87. The van der Waals surface area contributed by atoms with E-state index in [9.17, 15) is 0 Å². The minimum Gasteiger partial charge on any atom is -0.439 e. The van der Waals surface area contributed by atoms with Crippen molar-refractivity contribution in [1.29, 1.82) is 5.26 Å². The second-order valence-corrected chi connectivity index (χ2v) is 4.37. The van der Waals surface area contributed by atoms with E-state index in [1.165, 1.54) is 6.39 Å². The number of aromatic nitrogens is 3. The molecule has 0 unspecified atom stereocenters. The Morgan fingerprint density at radius 1 is 1.24 bits per heavy atom. The van der Waals surface area contributed by atoms with Crippen LogP contribution < -0.4 is 4.74 Å². The Balaban J connectivity index is 1.89. The fourth-order valence-corrected chi connectivity index (χ4v) is 1.82. The molecule has 1 aromatic carbocycles. The smallest absolute Gasteiger partial charge is 0.247 e. The van der Waals surface area contributed by atoms with Crippen molar-refractivity contribution in [2.24, 2.45) is 0 Å². The zero-order chi connectivity index (χ0) is 14.7. The molecule has 0 aliphatic heterocycles. The van der Waals surface area contributed by atoms with Crippen molar-refractivity contribution < 1.29 is 9.15 Å². The number of ether oxygens (including phenoxy) is 1. The number of nitrogens with zero attached hydrogens (tertiary/aromatic N) is 4. The van der Waals surface area contributed by atoms with Gasteiger partial charge in [0, 0.05) is 11.6 Å². The average Bonchev–Trinajstić information content (AvgIpc) is 3.04. The fraction of sp³-hybridized carbons (Fsp3) is 0. The molecular weight excluding hydrogens is 292 g/mol. The lowest BCUT2D eigenvalue weighted by Crippen LogP contribution is -1.91. The molecule has 0 atom stereocenters. The zero-order valence-corrected chi connectivity index (χ0v) is 11.3. The molecule has 0 aliphatic carbocycles. The summed E-state index contributed by atoms with van der Waals surface area (Å²) in [6.07, 6.45) is 1.25. The molecule has 3 rings (SSSR count). The van der Waals surface area contributed by atoms with Crippen molar-refractivity contribution in [3.8, 4) is 29.2 Å². The zero-order valence-electron chi connectivity index (χ0n) is 10.5. The summed E-state index contributed by atoms with van der Waals surface area (Å²) in [4.78, 5) is 4.01. The topological polar surface area (TPSA) is 84.8 Å². The number of nitriles is 1. The molecule has 2 heterocycles. The van der Waals surface area contributed by atoms with E-state index in [1.807, 2.05) is 12.1 Å². The first-order chi connectivity index (χ1) is 10.3. The second kappa shape index (κ2) is 5.61. The lowest BCUT2D eigenvalue weighted by molar-refractivity contribution is 0.462. The van der Waals surface area contributed by atoms with Gasteiger partial charge in [0.25, 0.3) is 0 Å². The van der Waals surface area contributed by atoms with Crippen LogP contribution in [0.2, 0.25) is 5.02 Å². The monoisotopic (exact) mass is 298 g/mol. The summed E-state index contributed by atoms with van der Waals surface area (Å²) in [5, 5.41) is 16.6. The lowest BCUT2D eigenvalue weighted by Gasteiger charge is -2.06. The third-order valence-corrected chi connectivity index (χ3v) is 2.89. The summed E-state index contributed by atoms with van der Waals surface area (Å²) >= 11 is 5.82. The molecule has 2 aromatic heterocycles. The van der Waals surface area contributed by atoms with Crippen LogP contribution in [0.3, 0.4) is 0 Å². The number of pyridine rings is 1. The van der Waals surface area contributed by atoms with Crippen LogP contribution in [0.25, 0.3) is 11.5 Å². The molecule has 0 fully saturated rings. The van der Waals surface area contributed by atoms with E-state index in [1.54, 1.807) is 30.3 Å². The molecule has 0 saturated heterocycles. The van der Waals surface area contributed by atoms with Gasteiger partial charge >= 0.3 is 0 Å². The number of benzene rings is 1. The van der Waals surface area contributed by atoms with Gasteiger partial charge in [-0.1, -0.05) is 17.7 Å².